The molecule has 0 aliphatic rings. The summed E-state index contributed by atoms with van der Waals surface area (Å²) >= 11 is 0. The zero-order chi connectivity index (χ0) is 21.9. The number of carboxylic acids is 1. The predicted molar refractivity (Wildman–Crippen MR) is 98.6 cm³/mol. The minimum absolute atomic E-state index is 0.0756. The molecule has 0 aliphatic carbocycles. The fourth-order valence-electron chi connectivity index (χ4n) is 2.84. The van der Waals surface area contributed by atoms with E-state index < -0.39 is 24.1 Å². The molecule has 0 aliphatic heterocycles. The van der Waals surface area contributed by atoms with Gasteiger partial charge in [0.25, 0.3) is 0 Å². The summed E-state index contributed by atoms with van der Waals surface area (Å²) < 4.78 is 56.3. The van der Waals surface area contributed by atoms with Gasteiger partial charge in [0.1, 0.15) is 17.9 Å². The summed E-state index contributed by atoms with van der Waals surface area (Å²) in [4.78, 5) is 15.3. The van der Waals surface area contributed by atoms with Gasteiger partial charge in [0, 0.05) is 5.56 Å². The van der Waals surface area contributed by atoms with Crippen molar-refractivity contribution in [1.82, 2.24) is 14.8 Å². The molecule has 2 aromatic carbocycles. The third kappa shape index (κ3) is 5.13. The van der Waals surface area contributed by atoms with E-state index in [2.05, 4.69) is 14.8 Å². The van der Waals surface area contributed by atoms with E-state index in [1.54, 1.807) is 13.0 Å². The molecule has 0 radical (unpaired) electrons. The Morgan fingerprint density at radius 3 is 2.47 bits per heavy atom. The summed E-state index contributed by atoms with van der Waals surface area (Å²) in [6.07, 6.45) is -2.97. The molecule has 1 unspecified atom stereocenters. The Kier molecular flexibility index (Phi) is 6.04. The van der Waals surface area contributed by atoms with E-state index in [1.807, 2.05) is 0 Å². The van der Waals surface area contributed by atoms with Crippen molar-refractivity contribution in [2.24, 2.45) is 5.92 Å². The van der Waals surface area contributed by atoms with Crippen LogP contribution < -0.4 is 4.74 Å². The fraction of sp³-hybridized carbons (Fsp3) is 0.250. The highest BCUT2D eigenvalue weighted by Gasteiger charge is 2.31. The van der Waals surface area contributed by atoms with Gasteiger partial charge in [-0.3, -0.25) is 4.79 Å². The highest BCUT2D eigenvalue weighted by atomic mass is 19.4. The van der Waals surface area contributed by atoms with Crippen molar-refractivity contribution < 1.29 is 32.2 Å². The highest BCUT2D eigenvalue weighted by Crippen LogP contribution is 2.25. The average Bonchev–Trinajstić information content (AvgIpc) is 3.16. The first-order valence-corrected chi connectivity index (χ1v) is 8.95. The lowest BCUT2D eigenvalue weighted by Crippen LogP contribution is -2.17. The van der Waals surface area contributed by atoms with Crippen LogP contribution >= 0.6 is 0 Å². The van der Waals surface area contributed by atoms with Crippen molar-refractivity contribution >= 4 is 5.97 Å². The number of ether oxygens (including phenoxy) is 1. The van der Waals surface area contributed by atoms with Crippen LogP contribution in [0.2, 0.25) is 0 Å². The second kappa shape index (κ2) is 8.52. The maximum Gasteiger partial charge on any atom is 0.573 e. The molecule has 0 fully saturated rings. The molecular formula is C20H17F4N3O3. The van der Waals surface area contributed by atoms with Crippen molar-refractivity contribution in [3.8, 4) is 22.8 Å². The number of carboxylic acid groups (broad SMARTS) is 1. The Balaban J connectivity index is 1.77. The first-order chi connectivity index (χ1) is 14.2. The minimum Gasteiger partial charge on any atom is -0.481 e. The van der Waals surface area contributed by atoms with Gasteiger partial charge in [-0.1, -0.05) is 19.1 Å². The zero-order valence-corrected chi connectivity index (χ0v) is 15.7. The molecule has 30 heavy (non-hydrogen) atoms. The van der Waals surface area contributed by atoms with Gasteiger partial charge in [0.15, 0.2) is 5.82 Å². The van der Waals surface area contributed by atoms with E-state index in [4.69, 9.17) is 5.11 Å². The Bertz CT molecular complexity index is 1030. The van der Waals surface area contributed by atoms with Crippen molar-refractivity contribution in [1.29, 1.82) is 0 Å². The van der Waals surface area contributed by atoms with Crippen molar-refractivity contribution in [2.75, 3.05) is 0 Å². The van der Waals surface area contributed by atoms with Crippen molar-refractivity contribution in [3.05, 3.63) is 60.2 Å². The molecule has 10 heteroatoms. The topological polar surface area (TPSA) is 77.2 Å². The quantitative estimate of drug-likeness (QED) is 0.561. The van der Waals surface area contributed by atoms with Crippen LogP contribution in [-0.2, 0) is 11.2 Å². The minimum atomic E-state index is -4.78. The molecule has 1 N–H and O–H groups in total. The van der Waals surface area contributed by atoms with Crippen molar-refractivity contribution in [3.63, 3.8) is 0 Å². The SMILES string of the molecule is CCC(Cc1ccc(-c2ncn(-c3ccc(OC(F)(F)F)cc3)n2)cc1F)C(=O)O. The van der Waals surface area contributed by atoms with Crippen LogP contribution in [0.1, 0.15) is 18.9 Å². The Morgan fingerprint density at radius 2 is 1.90 bits per heavy atom. The smallest absolute Gasteiger partial charge is 0.481 e. The lowest BCUT2D eigenvalue weighted by Gasteiger charge is -2.11. The third-order valence-electron chi connectivity index (χ3n) is 4.45. The maximum atomic E-state index is 14.4. The number of hydrogen-bond acceptors (Lipinski definition) is 4. The van der Waals surface area contributed by atoms with E-state index in [9.17, 15) is 22.4 Å². The van der Waals surface area contributed by atoms with Crippen LogP contribution in [0, 0.1) is 11.7 Å². The van der Waals surface area contributed by atoms with E-state index in [-0.39, 0.29) is 23.6 Å². The van der Waals surface area contributed by atoms with Gasteiger partial charge >= 0.3 is 12.3 Å². The molecule has 0 bridgehead atoms. The number of alkyl halides is 3. The molecular weight excluding hydrogens is 406 g/mol. The summed E-state index contributed by atoms with van der Waals surface area (Å²) in [6, 6.07) is 9.35. The summed E-state index contributed by atoms with van der Waals surface area (Å²) in [5.41, 5.74) is 1.11. The molecule has 1 heterocycles. The van der Waals surface area contributed by atoms with Crippen LogP contribution in [0.5, 0.6) is 5.75 Å². The monoisotopic (exact) mass is 423 g/mol. The number of nitrogens with zero attached hydrogens (tertiary/aromatic N) is 3. The summed E-state index contributed by atoms with van der Waals surface area (Å²) in [6.45, 7) is 1.73. The lowest BCUT2D eigenvalue weighted by atomic mass is 9.96. The predicted octanol–water partition coefficient (Wildman–Crippen LogP) is 4.63. The largest absolute Gasteiger partial charge is 0.573 e. The number of benzene rings is 2. The van der Waals surface area contributed by atoms with Gasteiger partial charge in [-0.15, -0.1) is 18.3 Å². The Morgan fingerprint density at radius 1 is 1.20 bits per heavy atom. The molecule has 3 aromatic rings. The van der Waals surface area contributed by atoms with Crippen LogP contribution in [0.4, 0.5) is 17.6 Å². The Hall–Kier alpha value is -3.43. The van der Waals surface area contributed by atoms with E-state index in [0.29, 0.717) is 17.7 Å². The van der Waals surface area contributed by atoms with E-state index in [1.165, 1.54) is 35.3 Å². The van der Waals surface area contributed by atoms with Crippen LogP contribution in [0.15, 0.2) is 48.8 Å². The molecule has 1 aromatic heterocycles. The number of hydrogen-bond donors (Lipinski definition) is 1. The fourth-order valence-corrected chi connectivity index (χ4v) is 2.84. The molecule has 0 saturated carbocycles. The molecule has 0 amide bonds. The number of aliphatic carboxylic acids is 1. The lowest BCUT2D eigenvalue weighted by molar-refractivity contribution is -0.274. The first kappa shape index (κ1) is 21.3. The van der Waals surface area contributed by atoms with Gasteiger partial charge in [-0.05, 0) is 48.7 Å². The van der Waals surface area contributed by atoms with Gasteiger partial charge < -0.3 is 9.84 Å². The molecule has 6 nitrogen and oxygen atoms in total. The summed E-state index contributed by atoms with van der Waals surface area (Å²) in [7, 11) is 0. The number of carbonyl (C=O) groups is 1. The second-order valence-electron chi connectivity index (χ2n) is 6.51. The highest BCUT2D eigenvalue weighted by molar-refractivity contribution is 5.70. The molecule has 1 atom stereocenters. The van der Waals surface area contributed by atoms with Gasteiger partial charge in [0.2, 0.25) is 0 Å². The van der Waals surface area contributed by atoms with Gasteiger partial charge in [-0.25, -0.2) is 14.1 Å². The van der Waals surface area contributed by atoms with Crippen LogP contribution in [0.3, 0.4) is 0 Å². The normalized spacial score (nSPS) is 12.6. The average molecular weight is 423 g/mol. The van der Waals surface area contributed by atoms with Crippen molar-refractivity contribution in [2.45, 2.75) is 26.1 Å². The molecule has 158 valence electrons. The van der Waals surface area contributed by atoms with Crippen LogP contribution in [-0.4, -0.2) is 32.2 Å². The third-order valence-corrected chi connectivity index (χ3v) is 4.45. The first-order valence-electron chi connectivity index (χ1n) is 8.95. The summed E-state index contributed by atoms with van der Waals surface area (Å²) in [5.74, 6) is -2.37. The zero-order valence-electron chi connectivity index (χ0n) is 15.7. The maximum absolute atomic E-state index is 14.4. The Labute approximate surface area is 168 Å². The number of halogens is 4. The standard InChI is InChI=1S/C20H17F4N3O3/c1-2-12(19(28)29)9-13-3-4-14(10-17(13)21)18-25-11-27(26-18)15-5-7-16(8-6-15)30-20(22,23)24/h3-8,10-12H,2,9H2,1H3,(H,28,29). The second-order valence-corrected chi connectivity index (χ2v) is 6.51. The van der Waals surface area contributed by atoms with E-state index >= 15 is 0 Å². The van der Waals surface area contributed by atoms with Gasteiger partial charge in [0.05, 0.1) is 11.6 Å². The van der Waals surface area contributed by atoms with Crippen LogP contribution in [0.25, 0.3) is 17.1 Å². The number of aromatic nitrogens is 3. The summed E-state index contributed by atoms with van der Waals surface area (Å²) in [5, 5.41) is 13.3. The van der Waals surface area contributed by atoms with E-state index in [0.717, 1.165) is 12.1 Å². The molecule has 3 rings (SSSR count). The molecule has 0 saturated heterocycles. The van der Waals surface area contributed by atoms with Gasteiger partial charge in [-0.2, -0.15) is 0 Å². The molecule has 0 spiro atoms. The number of rotatable bonds is 7.